The number of amides is 2. The normalized spacial score (nSPS) is 19.4. The molecular formula is C27H34Cl2N4O4. The molecule has 8 nitrogen and oxygen atoms in total. The Hall–Kier alpha value is -2.55. The average molecular weight is 549 g/mol. The van der Waals surface area contributed by atoms with Crippen LogP contribution >= 0.6 is 23.2 Å². The Morgan fingerprint density at radius 1 is 1.22 bits per heavy atom. The van der Waals surface area contributed by atoms with Gasteiger partial charge in [0.1, 0.15) is 0 Å². The Morgan fingerprint density at radius 2 is 2.00 bits per heavy atom. The smallest absolute Gasteiger partial charge is 0.407 e. The fourth-order valence-corrected chi connectivity index (χ4v) is 5.37. The Kier molecular flexibility index (Phi) is 9.16. The van der Waals surface area contributed by atoms with Crippen molar-refractivity contribution in [2.24, 2.45) is 13.0 Å². The van der Waals surface area contributed by atoms with Crippen molar-refractivity contribution >= 4 is 35.2 Å². The van der Waals surface area contributed by atoms with Crippen molar-refractivity contribution in [3.8, 4) is 0 Å². The minimum Gasteiger partial charge on any atom is -0.450 e. The largest absolute Gasteiger partial charge is 0.450 e. The van der Waals surface area contributed by atoms with Crippen molar-refractivity contribution in [1.29, 1.82) is 0 Å². The van der Waals surface area contributed by atoms with Crippen molar-refractivity contribution < 1.29 is 14.3 Å². The van der Waals surface area contributed by atoms with Gasteiger partial charge in [0.05, 0.1) is 22.6 Å². The van der Waals surface area contributed by atoms with E-state index < -0.39 is 6.09 Å². The number of aromatic nitrogens is 1. The zero-order valence-electron chi connectivity index (χ0n) is 21.3. The fourth-order valence-electron chi connectivity index (χ4n) is 4.94. The molecule has 2 aromatic rings. The van der Waals surface area contributed by atoms with Gasteiger partial charge >= 0.3 is 6.09 Å². The van der Waals surface area contributed by atoms with Gasteiger partial charge in [-0.05, 0) is 73.9 Å². The first-order valence-corrected chi connectivity index (χ1v) is 13.6. The van der Waals surface area contributed by atoms with Gasteiger partial charge in [-0.25, -0.2) is 4.79 Å². The topological polar surface area (TPSA) is 92.7 Å². The maximum atomic E-state index is 14.0. The molecule has 0 unspecified atom stereocenters. The van der Waals surface area contributed by atoms with E-state index in [1.807, 2.05) is 17.0 Å². The van der Waals surface area contributed by atoms with Crippen LogP contribution in [0.5, 0.6) is 0 Å². The molecule has 2 N–H and O–H groups in total. The summed E-state index contributed by atoms with van der Waals surface area (Å²) in [6, 6.07) is 7.52. The van der Waals surface area contributed by atoms with Gasteiger partial charge in [-0.15, -0.1) is 0 Å². The van der Waals surface area contributed by atoms with Gasteiger partial charge in [0, 0.05) is 45.0 Å². The molecule has 200 valence electrons. The highest BCUT2D eigenvalue weighted by atomic mass is 35.5. The van der Waals surface area contributed by atoms with Gasteiger partial charge in [-0.3, -0.25) is 9.59 Å². The van der Waals surface area contributed by atoms with Gasteiger partial charge < -0.3 is 24.8 Å². The Bertz CT molecular complexity index is 1200. The summed E-state index contributed by atoms with van der Waals surface area (Å²) in [5.74, 6) is -0.224. The summed E-state index contributed by atoms with van der Waals surface area (Å²) in [6.45, 7) is 4.19. The summed E-state index contributed by atoms with van der Waals surface area (Å²) in [6.07, 6.45) is 4.56. The number of carbonyl (C=O) groups is 2. The summed E-state index contributed by atoms with van der Waals surface area (Å²) < 4.78 is 6.44. The van der Waals surface area contributed by atoms with Crippen LogP contribution in [0.4, 0.5) is 4.79 Å². The van der Waals surface area contributed by atoms with E-state index in [9.17, 15) is 14.4 Å². The zero-order valence-corrected chi connectivity index (χ0v) is 22.8. The number of pyridine rings is 1. The first-order chi connectivity index (χ1) is 17.8. The lowest BCUT2D eigenvalue weighted by Gasteiger charge is -2.36. The van der Waals surface area contributed by atoms with Crippen LogP contribution in [0.2, 0.25) is 10.0 Å². The summed E-state index contributed by atoms with van der Waals surface area (Å²) in [4.78, 5) is 39.8. The highest BCUT2D eigenvalue weighted by Gasteiger charge is 2.40. The van der Waals surface area contributed by atoms with Crippen LogP contribution in [-0.2, 0) is 29.5 Å². The lowest BCUT2D eigenvalue weighted by molar-refractivity contribution is -0.138. The van der Waals surface area contributed by atoms with E-state index >= 15 is 0 Å². The van der Waals surface area contributed by atoms with E-state index in [1.165, 1.54) is 0 Å². The molecule has 2 amide bonds. The highest BCUT2D eigenvalue weighted by Crippen LogP contribution is 2.37. The van der Waals surface area contributed by atoms with Crippen molar-refractivity contribution in [3.63, 3.8) is 0 Å². The third-order valence-electron chi connectivity index (χ3n) is 7.09. The van der Waals surface area contributed by atoms with Gasteiger partial charge in [-0.2, -0.15) is 0 Å². The van der Waals surface area contributed by atoms with Crippen molar-refractivity contribution in [2.75, 3.05) is 26.2 Å². The molecular weight excluding hydrogens is 515 g/mol. The minimum atomic E-state index is -0.458. The number of piperidine rings is 1. The lowest BCUT2D eigenvalue weighted by atomic mass is 9.80. The number of halogens is 2. The second-order valence-electron chi connectivity index (χ2n) is 9.76. The van der Waals surface area contributed by atoms with Crippen LogP contribution in [0.15, 0.2) is 35.3 Å². The molecule has 1 saturated heterocycles. The second kappa shape index (κ2) is 12.3. The van der Waals surface area contributed by atoms with Crippen LogP contribution in [-0.4, -0.2) is 53.8 Å². The Labute approximate surface area is 227 Å². The van der Waals surface area contributed by atoms with Crippen LogP contribution < -0.4 is 16.2 Å². The maximum absolute atomic E-state index is 14.0. The minimum absolute atomic E-state index is 0.0248. The van der Waals surface area contributed by atoms with Crippen LogP contribution in [0.3, 0.4) is 0 Å². The van der Waals surface area contributed by atoms with Gasteiger partial charge in [0.25, 0.3) is 5.56 Å². The molecule has 1 aromatic carbocycles. The molecule has 10 heteroatoms. The third kappa shape index (κ3) is 6.86. The van der Waals surface area contributed by atoms with E-state index in [0.717, 1.165) is 42.5 Å². The molecule has 1 aliphatic carbocycles. The number of ether oxygens (including phenoxy) is 1. The van der Waals surface area contributed by atoms with Gasteiger partial charge in [0.2, 0.25) is 5.91 Å². The molecule has 2 heterocycles. The molecule has 2 fully saturated rings. The molecule has 0 spiro atoms. The molecule has 0 bridgehead atoms. The maximum Gasteiger partial charge on any atom is 0.407 e. The summed E-state index contributed by atoms with van der Waals surface area (Å²) in [5.41, 5.74) is 2.55. The molecule has 2 aliphatic rings. The Morgan fingerprint density at radius 3 is 2.70 bits per heavy atom. The SMILES string of the molecule is CCOC(=O)NCCc1cc(Cl)c(Cl)c(CN(C(=O)[C@H]2CNCC[C@@H]2c2ccn(C)c(=O)c2)C2CC2)c1. The zero-order chi connectivity index (χ0) is 26.5. The predicted octanol–water partition coefficient (Wildman–Crippen LogP) is 3.87. The first kappa shape index (κ1) is 27.5. The number of hydrogen-bond donors (Lipinski definition) is 2. The van der Waals surface area contributed by atoms with Crippen molar-refractivity contribution in [3.05, 3.63) is 67.6 Å². The standard InChI is InChI=1S/C27H34Cl2N4O4/c1-3-37-27(36)31-10-6-17-12-19(25(29)23(28)13-17)16-33(20-4-5-20)26(35)22-15-30-9-7-21(22)18-8-11-32(2)24(34)14-18/h8,11-14,20-22,30H,3-7,9-10,15-16H2,1-2H3,(H,31,36)/t21-,22+/m1/s1. The number of nitrogens with one attached hydrogen (secondary N) is 2. The van der Waals surface area contributed by atoms with Crippen LogP contribution in [0, 0.1) is 5.92 Å². The predicted molar refractivity (Wildman–Crippen MR) is 144 cm³/mol. The highest BCUT2D eigenvalue weighted by molar-refractivity contribution is 6.42. The monoisotopic (exact) mass is 548 g/mol. The van der Waals surface area contributed by atoms with Crippen molar-refractivity contribution in [1.82, 2.24) is 20.1 Å². The molecule has 2 atom stereocenters. The van der Waals surface area contributed by atoms with E-state index in [1.54, 1.807) is 36.9 Å². The number of nitrogens with zero attached hydrogens (tertiary/aromatic N) is 2. The molecule has 4 rings (SSSR count). The molecule has 0 radical (unpaired) electrons. The quantitative estimate of drug-likeness (QED) is 0.496. The van der Waals surface area contributed by atoms with E-state index in [-0.39, 0.29) is 29.3 Å². The first-order valence-electron chi connectivity index (χ1n) is 12.8. The molecule has 1 aromatic heterocycles. The van der Waals surface area contributed by atoms with E-state index in [4.69, 9.17) is 27.9 Å². The average Bonchev–Trinajstić information content (AvgIpc) is 3.72. The fraction of sp³-hybridized carbons (Fsp3) is 0.519. The number of aryl methyl sites for hydroxylation is 1. The van der Waals surface area contributed by atoms with Crippen LogP contribution in [0.25, 0.3) is 0 Å². The van der Waals surface area contributed by atoms with E-state index in [2.05, 4.69) is 10.6 Å². The van der Waals surface area contributed by atoms with Gasteiger partial charge in [0.15, 0.2) is 0 Å². The van der Waals surface area contributed by atoms with Crippen molar-refractivity contribution in [2.45, 2.75) is 51.1 Å². The number of carbonyl (C=O) groups excluding carboxylic acids is 2. The number of rotatable bonds is 9. The number of alkyl carbamates (subject to hydrolysis) is 1. The van der Waals surface area contributed by atoms with Gasteiger partial charge in [-0.1, -0.05) is 29.3 Å². The molecule has 1 aliphatic heterocycles. The van der Waals surface area contributed by atoms with Crippen LogP contribution in [0.1, 0.15) is 48.8 Å². The summed E-state index contributed by atoms with van der Waals surface area (Å²) >= 11 is 13.1. The lowest BCUT2D eigenvalue weighted by Crippen LogP contribution is -2.47. The Balaban J connectivity index is 1.53. The number of hydrogen-bond acceptors (Lipinski definition) is 5. The number of benzene rings is 1. The summed E-state index contributed by atoms with van der Waals surface area (Å²) in [7, 11) is 1.72. The molecule has 37 heavy (non-hydrogen) atoms. The second-order valence-corrected chi connectivity index (χ2v) is 10.5. The third-order valence-corrected chi connectivity index (χ3v) is 7.93. The molecule has 1 saturated carbocycles. The summed E-state index contributed by atoms with van der Waals surface area (Å²) in [5, 5.41) is 6.94. The van der Waals surface area contributed by atoms with E-state index in [0.29, 0.717) is 42.7 Å².